The standard InChI is InChI=1S/C26H35FN7O9P/c1-14(2)40-22(35)15(3)33-44(37,43-16-10-8-7-9-11-16)39-12-17-19(42-25(36)38-6)26(4,27)23(41-17)34-13-30-18-20(29-5)31-24(28)32-21(18)34/h7-11,13-15,17,19,23H,12H2,1-6H3,(H,33,37)(H3,28,29,31,32)/t15-,17+,19+,23+,26+,44?/m0/s1. The normalized spacial score (nSPS) is 23.6. The second-order valence-corrected chi connectivity index (χ2v) is 11.9. The highest BCUT2D eigenvalue weighted by molar-refractivity contribution is 7.52. The first-order valence-electron chi connectivity index (χ1n) is 13.5. The predicted molar refractivity (Wildman–Crippen MR) is 154 cm³/mol. The van der Waals surface area contributed by atoms with E-state index in [4.69, 9.17) is 29.0 Å². The number of anilines is 2. The molecule has 1 aliphatic rings. The summed E-state index contributed by atoms with van der Waals surface area (Å²) in [6.45, 7) is 5.24. The van der Waals surface area contributed by atoms with Gasteiger partial charge in [-0.2, -0.15) is 15.1 Å². The lowest BCUT2D eigenvalue weighted by atomic mass is 9.98. The fourth-order valence-electron chi connectivity index (χ4n) is 4.47. The van der Waals surface area contributed by atoms with Gasteiger partial charge in [-0.3, -0.25) is 13.9 Å². The number of aromatic nitrogens is 4. The molecule has 1 fully saturated rings. The molecule has 4 N–H and O–H groups in total. The van der Waals surface area contributed by atoms with Crippen LogP contribution in [0.5, 0.6) is 5.75 Å². The lowest BCUT2D eigenvalue weighted by Crippen LogP contribution is -2.44. The van der Waals surface area contributed by atoms with Gasteiger partial charge in [-0.1, -0.05) is 18.2 Å². The Bertz CT molecular complexity index is 1520. The summed E-state index contributed by atoms with van der Waals surface area (Å²) in [5, 5.41) is 5.39. The molecule has 1 aliphatic heterocycles. The summed E-state index contributed by atoms with van der Waals surface area (Å²) < 4.78 is 64.3. The number of alkyl halides is 1. The number of methoxy groups -OCH3 is 1. The largest absolute Gasteiger partial charge is 0.508 e. The Hall–Kier alpha value is -4.05. The zero-order valence-corrected chi connectivity index (χ0v) is 25.8. The molecule has 0 saturated carbocycles. The maximum atomic E-state index is 16.6. The van der Waals surface area contributed by atoms with E-state index in [9.17, 15) is 14.2 Å². The third kappa shape index (κ3) is 7.18. The van der Waals surface area contributed by atoms with E-state index in [1.54, 1.807) is 39.1 Å². The first kappa shape index (κ1) is 32.9. The van der Waals surface area contributed by atoms with Crippen LogP contribution in [0.15, 0.2) is 36.7 Å². The fourth-order valence-corrected chi connectivity index (χ4v) is 5.97. The van der Waals surface area contributed by atoms with Crippen LogP contribution < -0.4 is 20.7 Å². The number of nitrogen functional groups attached to an aromatic ring is 1. The highest BCUT2D eigenvalue weighted by atomic mass is 31.2. The Morgan fingerprint density at radius 3 is 2.57 bits per heavy atom. The van der Waals surface area contributed by atoms with Crippen LogP contribution in [-0.2, 0) is 32.8 Å². The molecule has 0 radical (unpaired) electrons. The maximum Gasteiger partial charge on any atom is 0.508 e. The number of carbonyl (C=O) groups excluding carboxylic acids is 2. The smallest absolute Gasteiger partial charge is 0.462 e. The van der Waals surface area contributed by atoms with Gasteiger partial charge in [-0.05, 0) is 39.8 Å². The Kier molecular flexibility index (Phi) is 9.93. The van der Waals surface area contributed by atoms with Crippen molar-refractivity contribution in [2.24, 2.45) is 0 Å². The molecule has 44 heavy (non-hydrogen) atoms. The van der Waals surface area contributed by atoms with Crippen LogP contribution in [0.1, 0.15) is 33.9 Å². The second-order valence-electron chi connectivity index (χ2n) is 10.2. The van der Waals surface area contributed by atoms with E-state index >= 15 is 4.39 Å². The number of hydrogen-bond donors (Lipinski definition) is 3. The van der Waals surface area contributed by atoms with E-state index < -0.39 is 62.7 Å². The van der Waals surface area contributed by atoms with Gasteiger partial charge in [0, 0.05) is 7.05 Å². The molecule has 240 valence electrons. The van der Waals surface area contributed by atoms with E-state index in [0.29, 0.717) is 5.82 Å². The van der Waals surface area contributed by atoms with Crippen LogP contribution in [0, 0.1) is 0 Å². The highest BCUT2D eigenvalue weighted by Crippen LogP contribution is 2.49. The van der Waals surface area contributed by atoms with Crippen molar-refractivity contribution < 1.29 is 46.5 Å². The number of nitrogens with zero attached hydrogens (tertiary/aromatic N) is 4. The van der Waals surface area contributed by atoms with Gasteiger partial charge in [0.05, 0.1) is 26.1 Å². The Morgan fingerprint density at radius 1 is 1.23 bits per heavy atom. The van der Waals surface area contributed by atoms with Gasteiger partial charge in [0.2, 0.25) is 5.95 Å². The van der Waals surface area contributed by atoms with Crippen molar-refractivity contribution in [3.05, 3.63) is 36.7 Å². The van der Waals surface area contributed by atoms with Gasteiger partial charge >= 0.3 is 19.9 Å². The molecule has 1 aromatic carbocycles. The quantitative estimate of drug-likeness (QED) is 0.192. The summed E-state index contributed by atoms with van der Waals surface area (Å²) in [6, 6.07) is 6.91. The number of rotatable bonds is 12. The Labute approximate surface area is 252 Å². The van der Waals surface area contributed by atoms with Crippen molar-refractivity contribution in [1.29, 1.82) is 0 Å². The molecule has 6 atom stereocenters. The molecule has 16 nitrogen and oxygen atoms in total. The number of halogens is 1. The zero-order valence-electron chi connectivity index (χ0n) is 24.9. The van der Waals surface area contributed by atoms with Crippen LogP contribution in [0.25, 0.3) is 11.2 Å². The number of fused-ring (bicyclic) bond motifs is 1. The first-order chi connectivity index (χ1) is 20.8. The minimum Gasteiger partial charge on any atom is -0.462 e. The van der Waals surface area contributed by atoms with Crippen molar-refractivity contribution in [1.82, 2.24) is 24.6 Å². The van der Waals surface area contributed by atoms with Crippen molar-refractivity contribution >= 4 is 42.8 Å². The molecular weight excluding hydrogens is 604 g/mol. The number of ether oxygens (including phenoxy) is 4. The van der Waals surface area contributed by atoms with E-state index in [1.165, 1.54) is 30.0 Å². The van der Waals surface area contributed by atoms with Gasteiger partial charge < -0.3 is 34.5 Å². The van der Waals surface area contributed by atoms with E-state index in [1.807, 2.05) is 0 Å². The first-order valence-corrected chi connectivity index (χ1v) is 15.1. The van der Waals surface area contributed by atoms with Crippen LogP contribution in [0.3, 0.4) is 0 Å². The summed E-state index contributed by atoms with van der Waals surface area (Å²) in [5.41, 5.74) is 3.82. The van der Waals surface area contributed by atoms with Crippen LogP contribution in [0.4, 0.5) is 21.0 Å². The molecular formula is C26H35FN7O9P. The molecule has 0 aliphatic carbocycles. The zero-order chi connectivity index (χ0) is 32.2. The molecule has 1 unspecified atom stereocenters. The number of carbonyl (C=O) groups is 2. The average molecular weight is 640 g/mol. The van der Waals surface area contributed by atoms with E-state index in [2.05, 4.69) is 30.1 Å². The summed E-state index contributed by atoms with van der Waals surface area (Å²) in [7, 11) is -1.72. The lowest BCUT2D eigenvalue weighted by Gasteiger charge is -2.28. The molecule has 3 heterocycles. The minimum absolute atomic E-state index is 0.111. The molecule has 0 amide bonds. The lowest BCUT2D eigenvalue weighted by molar-refractivity contribution is -0.149. The molecule has 1 saturated heterocycles. The molecule has 0 bridgehead atoms. The predicted octanol–water partition coefficient (Wildman–Crippen LogP) is 3.36. The third-order valence-corrected chi connectivity index (χ3v) is 8.08. The summed E-state index contributed by atoms with van der Waals surface area (Å²) >= 11 is 0. The number of benzene rings is 1. The maximum absolute atomic E-state index is 16.6. The summed E-state index contributed by atoms with van der Waals surface area (Å²) in [5.74, 6) is -0.380. The van der Waals surface area contributed by atoms with Gasteiger partial charge in [-0.25, -0.2) is 18.7 Å². The van der Waals surface area contributed by atoms with Crippen molar-refractivity contribution in [3.63, 3.8) is 0 Å². The number of nitrogens with one attached hydrogen (secondary N) is 2. The van der Waals surface area contributed by atoms with E-state index in [-0.39, 0.29) is 22.9 Å². The van der Waals surface area contributed by atoms with Crippen molar-refractivity contribution in [3.8, 4) is 5.75 Å². The molecule has 18 heteroatoms. The molecule has 4 rings (SSSR count). The van der Waals surface area contributed by atoms with Crippen molar-refractivity contribution in [2.75, 3.05) is 31.8 Å². The van der Waals surface area contributed by atoms with Crippen LogP contribution in [0.2, 0.25) is 0 Å². The Balaban J connectivity index is 1.65. The molecule has 0 spiro atoms. The Morgan fingerprint density at radius 2 is 1.93 bits per heavy atom. The molecule has 2 aromatic heterocycles. The number of nitrogens with two attached hydrogens (primary N) is 1. The topological polar surface area (TPSA) is 200 Å². The SMILES string of the molecule is CNc1nc(N)nc2c1ncn2[C@@H]1O[C@H](COP(=O)(N[C@@H](C)C(=O)OC(C)C)Oc2ccccc2)[C@@H](OC(=O)OC)[C@@]1(C)F. The van der Waals surface area contributed by atoms with Gasteiger partial charge in [0.1, 0.15) is 17.9 Å². The molecule has 3 aromatic rings. The number of esters is 1. The minimum atomic E-state index is -4.38. The van der Waals surface area contributed by atoms with E-state index in [0.717, 1.165) is 14.0 Å². The van der Waals surface area contributed by atoms with Gasteiger partial charge in [-0.15, -0.1) is 0 Å². The summed E-state index contributed by atoms with van der Waals surface area (Å²) in [4.78, 5) is 37.2. The van der Waals surface area contributed by atoms with Crippen LogP contribution >= 0.6 is 7.75 Å². The van der Waals surface area contributed by atoms with Gasteiger partial charge in [0.25, 0.3) is 0 Å². The average Bonchev–Trinajstić information content (AvgIpc) is 3.48. The number of para-hydroxylation sites is 1. The second kappa shape index (κ2) is 13.3. The highest BCUT2D eigenvalue weighted by Gasteiger charge is 2.59. The van der Waals surface area contributed by atoms with Crippen molar-refractivity contribution in [2.45, 2.75) is 63.9 Å². The van der Waals surface area contributed by atoms with Gasteiger partial charge in [0.15, 0.2) is 35.0 Å². The van der Waals surface area contributed by atoms with Crippen LogP contribution in [-0.4, -0.2) is 82.4 Å². The third-order valence-electron chi connectivity index (χ3n) is 6.43. The summed E-state index contributed by atoms with van der Waals surface area (Å²) in [6.07, 6.45) is -4.87. The number of imidazole rings is 1. The monoisotopic (exact) mass is 639 g/mol. The number of hydrogen-bond acceptors (Lipinski definition) is 14. The fraction of sp³-hybridized carbons (Fsp3) is 0.500.